The molecule has 3 amide bonds. The van der Waals surface area contributed by atoms with Crippen LogP contribution in [0.25, 0.3) is 0 Å². The summed E-state index contributed by atoms with van der Waals surface area (Å²) in [6.07, 6.45) is 4.11. The van der Waals surface area contributed by atoms with Gasteiger partial charge in [-0.1, -0.05) is 37.3 Å². The van der Waals surface area contributed by atoms with Crippen molar-refractivity contribution >= 4 is 40.9 Å². The van der Waals surface area contributed by atoms with E-state index >= 15 is 0 Å². The molecule has 3 unspecified atom stereocenters. The van der Waals surface area contributed by atoms with Gasteiger partial charge in [-0.2, -0.15) is 0 Å². The van der Waals surface area contributed by atoms with Gasteiger partial charge in [0.2, 0.25) is 11.8 Å². The van der Waals surface area contributed by atoms with Crippen molar-refractivity contribution in [3.8, 4) is 5.75 Å². The number of aryl methyl sites for hydroxylation is 2. The summed E-state index contributed by atoms with van der Waals surface area (Å²) >= 11 is 1.63. The molecule has 44 heavy (non-hydrogen) atoms. The van der Waals surface area contributed by atoms with E-state index < -0.39 is 22.6 Å². The number of ether oxygens (including phenoxy) is 1. The van der Waals surface area contributed by atoms with Gasteiger partial charge in [-0.25, -0.2) is 0 Å². The van der Waals surface area contributed by atoms with Crippen LogP contribution in [-0.2, 0) is 14.4 Å². The Morgan fingerprint density at radius 2 is 1.70 bits per heavy atom. The Bertz CT molecular complexity index is 1420. The second-order valence-corrected chi connectivity index (χ2v) is 13.5. The molecule has 0 saturated carbocycles. The van der Waals surface area contributed by atoms with Gasteiger partial charge in [0.25, 0.3) is 5.91 Å². The number of aliphatic hydroxyl groups is 1. The second kappa shape index (κ2) is 12.8. The van der Waals surface area contributed by atoms with E-state index in [2.05, 4.69) is 20.1 Å². The summed E-state index contributed by atoms with van der Waals surface area (Å²) in [6, 6.07) is 12.5. The molecule has 6 atom stereocenters. The topological polar surface area (TPSA) is 90.4 Å². The molecule has 0 aromatic heterocycles. The van der Waals surface area contributed by atoms with E-state index in [9.17, 15) is 19.5 Å². The van der Waals surface area contributed by atoms with Crippen LogP contribution < -0.4 is 14.5 Å². The molecule has 8 nitrogen and oxygen atoms in total. The first-order valence-corrected chi connectivity index (χ1v) is 16.3. The molecule has 1 N–H and O–H groups in total. The fraction of sp³-hybridized carbons (Fsp3) is 0.457. The minimum Gasteiger partial charge on any atom is -0.494 e. The minimum absolute atomic E-state index is 0.00928. The number of hydrogen-bond acceptors (Lipinski definition) is 6. The van der Waals surface area contributed by atoms with Gasteiger partial charge in [-0.15, -0.1) is 24.9 Å². The number of carbonyl (C=O) groups excluding carboxylic acids is 3. The summed E-state index contributed by atoms with van der Waals surface area (Å²) in [4.78, 5) is 48.7. The van der Waals surface area contributed by atoms with Crippen LogP contribution in [-0.4, -0.2) is 76.6 Å². The van der Waals surface area contributed by atoms with E-state index in [1.165, 1.54) is 0 Å². The van der Waals surface area contributed by atoms with Crippen molar-refractivity contribution in [3.63, 3.8) is 0 Å². The SMILES string of the molecule is C=CCN(C(=O)[C@@H]1[C@@H]2CC(C)C3(S2)C(C(=O)N(CC=C)c2c(C)cccc2C)N(CCO)C(=O)[C@H]13)c1ccc(OCC)cc1. The lowest BCUT2D eigenvalue weighted by Crippen LogP contribution is -2.58. The Morgan fingerprint density at radius 1 is 1.07 bits per heavy atom. The molecule has 234 valence electrons. The molecule has 3 fully saturated rings. The van der Waals surface area contributed by atoms with Crippen LogP contribution in [0.15, 0.2) is 67.8 Å². The predicted molar refractivity (Wildman–Crippen MR) is 176 cm³/mol. The van der Waals surface area contributed by atoms with Crippen molar-refractivity contribution in [3.05, 3.63) is 78.9 Å². The van der Waals surface area contributed by atoms with Gasteiger partial charge in [0.05, 0.1) is 29.8 Å². The number of likely N-dealkylation sites (tertiary alicyclic amines) is 1. The number of carbonyl (C=O) groups is 3. The zero-order chi connectivity index (χ0) is 31.8. The standard InChI is InChI=1S/C35H43N3O5S/c1-7-17-36(25-13-15-26(16-14-25)43-9-3)32(40)28-27-21-24(6)35(44-27)29(28)33(41)38(19-20-39)31(35)34(42)37(18-8-2)30-22(4)11-10-12-23(30)5/h7-8,10-16,24,27-29,31,39H,1-2,9,17-21H2,3-6H3/t24?,27-,28+,29-,31?,35?/m0/s1. The molecule has 9 heteroatoms. The average molecular weight is 618 g/mol. The molecule has 0 radical (unpaired) electrons. The summed E-state index contributed by atoms with van der Waals surface area (Å²) in [6.45, 7) is 16.6. The molecular formula is C35H43N3O5S. The first-order valence-electron chi connectivity index (χ1n) is 15.4. The summed E-state index contributed by atoms with van der Waals surface area (Å²) in [5.74, 6) is -1.15. The van der Waals surface area contributed by atoms with E-state index in [1.807, 2.05) is 63.2 Å². The number of amides is 3. The van der Waals surface area contributed by atoms with Gasteiger partial charge in [-0.3, -0.25) is 14.4 Å². The molecule has 1 spiro atoms. The number of nitrogens with zero attached hydrogens (tertiary/aromatic N) is 3. The Balaban J connectivity index is 1.57. The molecule has 3 heterocycles. The Hall–Kier alpha value is -3.56. The van der Waals surface area contributed by atoms with Crippen molar-refractivity contribution < 1.29 is 24.2 Å². The highest BCUT2D eigenvalue weighted by Gasteiger charge is 2.76. The molecule has 0 aliphatic carbocycles. The highest BCUT2D eigenvalue weighted by Crippen LogP contribution is 2.69. The van der Waals surface area contributed by atoms with Gasteiger partial charge in [0.1, 0.15) is 11.8 Å². The quantitative estimate of drug-likeness (QED) is 0.345. The van der Waals surface area contributed by atoms with Crippen LogP contribution in [0.5, 0.6) is 5.75 Å². The number of fused-ring (bicyclic) bond motifs is 1. The number of anilines is 2. The molecule has 3 aliphatic rings. The zero-order valence-electron chi connectivity index (χ0n) is 26.1. The third kappa shape index (κ3) is 5.04. The number of rotatable bonds is 12. The van der Waals surface area contributed by atoms with Crippen LogP contribution in [0.2, 0.25) is 0 Å². The number of para-hydroxylation sites is 1. The van der Waals surface area contributed by atoms with Crippen molar-refractivity contribution in [1.82, 2.24) is 4.90 Å². The smallest absolute Gasteiger partial charge is 0.251 e. The third-order valence-electron chi connectivity index (χ3n) is 9.43. The number of hydrogen-bond donors (Lipinski definition) is 1. The first kappa shape index (κ1) is 31.9. The third-order valence-corrected chi connectivity index (χ3v) is 11.5. The predicted octanol–water partition coefficient (Wildman–Crippen LogP) is 4.77. The van der Waals surface area contributed by atoms with Crippen molar-refractivity contribution in [2.75, 3.05) is 42.6 Å². The summed E-state index contributed by atoms with van der Waals surface area (Å²) in [5.41, 5.74) is 3.41. The second-order valence-electron chi connectivity index (χ2n) is 12.0. The highest BCUT2D eigenvalue weighted by atomic mass is 32.2. The Morgan fingerprint density at radius 3 is 2.30 bits per heavy atom. The van der Waals surface area contributed by atoms with Crippen LogP contribution in [0.3, 0.4) is 0 Å². The summed E-state index contributed by atoms with van der Waals surface area (Å²) in [7, 11) is 0. The summed E-state index contributed by atoms with van der Waals surface area (Å²) < 4.78 is 4.79. The van der Waals surface area contributed by atoms with Crippen molar-refractivity contribution in [1.29, 1.82) is 0 Å². The van der Waals surface area contributed by atoms with Crippen LogP contribution in [0.4, 0.5) is 11.4 Å². The van der Waals surface area contributed by atoms with E-state index in [-0.39, 0.29) is 55.1 Å². The van der Waals surface area contributed by atoms with Gasteiger partial charge in [-0.05, 0) is 68.5 Å². The largest absolute Gasteiger partial charge is 0.494 e. The lowest BCUT2D eigenvalue weighted by molar-refractivity contribution is -0.139. The molecule has 2 aromatic carbocycles. The fourth-order valence-corrected chi connectivity index (χ4v) is 10.2. The number of thioether (sulfide) groups is 1. The Kier molecular flexibility index (Phi) is 9.28. The normalized spacial score (nSPS) is 26.8. The fourth-order valence-electron chi connectivity index (χ4n) is 7.75. The zero-order valence-corrected chi connectivity index (χ0v) is 26.9. The molecule has 3 saturated heterocycles. The highest BCUT2D eigenvalue weighted by molar-refractivity contribution is 8.02. The summed E-state index contributed by atoms with van der Waals surface area (Å²) in [5, 5.41) is 9.98. The molecule has 2 aromatic rings. The lowest BCUT2D eigenvalue weighted by Gasteiger charge is -2.41. The first-order chi connectivity index (χ1) is 21.2. The van der Waals surface area contributed by atoms with Gasteiger partial charge >= 0.3 is 0 Å². The van der Waals surface area contributed by atoms with E-state index in [1.54, 1.807) is 38.6 Å². The number of aliphatic hydroxyl groups excluding tert-OH is 1. The maximum atomic E-state index is 14.8. The van der Waals surface area contributed by atoms with Crippen LogP contribution >= 0.6 is 11.8 Å². The lowest BCUT2D eigenvalue weighted by atomic mass is 9.65. The molecule has 2 bridgehead atoms. The monoisotopic (exact) mass is 617 g/mol. The maximum Gasteiger partial charge on any atom is 0.251 e. The van der Waals surface area contributed by atoms with Crippen LogP contribution in [0, 0.1) is 31.6 Å². The van der Waals surface area contributed by atoms with Gasteiger partial charge in [0.15, 0.2) is 0 Å². The maximum absolute atomic E-state index is 14.8. The minimum atomic E-state index is -0.827. The number of benzene rings is 2. The van der Waals surface area contributed by atoms with Crippen molar-refractivity contribution in [2.24, 2.45) is 17.8 Å². The molecule has 3 aliphatic heterocycles. The van der Waals surface area contributed by atoms with E-state index in [4.69, 9.17) is 4.74 Å². The van der Waals surface area contributed by atoms with Crippen molar-refractivity contribution in [2.45, 2.75) is 50.2 Å². The Labute approximate surface area is 264 Å². The van der Waals surface area contributed by atoms with Gasteiger partial charge in [0, 0.05) is 36.3 Å². The molecule has 5 rings (SSSR count). The number of β-amino-alcohol motifs (C(OH)–C–C–N with tert-alkyl or cyclic N) is 1. The van der Waals surface area contributed by atoms with Gasteiger partial charge < -0.3 is 24.5 Å². The average Bonchev–Trinajstić information content (AvgIpc) is 3.59. The van der Waals surface area contributed by atoms with Crippen LogP contribution in [0.1, 0.15) is 31.4 Å². The molecular weight excluding hydrogens is 574 g/mol. The van der Waals surface area contributed by atoms with E-state index in [0.717, 1.165) is 23.2 Å². The van der Waals surface area contributed by atoms with E-state index in [0.29, 0.717) is 18.0 Å².